The topological polar surface area (TPSA) is 47.6 Å². The van der Waals surface area contributed by atoms with Crippen LogP contribution in [0.4, 0.5) is 0 Å². The lowest BCUT2D eigenvalue weighted by Crippen LogP contribution is -2.44. The lowest BCUT2D eigenvalue weighted by molar-refractivity contribution is -0.122. The van der Waals surface area contributed by atoms with Crippen molar-refractivity contribution in [3.8, 4) is 0 Å². The van der Waals surface area contributed by atoms with Crippen LogP contribution in [0, 0.1) is 0 Å². The summed E-state index contributed by atoms with van der Waals surface area (Å²) < 4.78 is 0. The van der Waals surface area contributed by atoms with Crippen molar-refractivity contribution in [2.24, 2.45) is 0 Å². The molecule has 0 bridgehead atoms. The maximum absolute atomic E-state index is 12.1. The molecule has 2 aliphatic heterocycles. The van der Waals surface area contributed by atoms with Gasteiger partial charge >= 0.3 is 0 Å². The van der Waals surface area contributed by atoms with E-state index in [1.54, 1.807) is 0 Å². The molecule has 1 amide bonds. The normalized spacial score (nSPS) is 19.3. The summed E-state index contributed by atoms with van der Waals surface area (Å²) in [6.07, 6.45) is 2.08. The van der Waals surface area contributed by atoms with E-state index in [-0.39, 0.29) is 5.91 Å². The Morgan fingerprint density at radius 2 is 1.87 bits per heavy atom. The van der Waals surface area contributed by atoms with E-state index in [0.717, 1.165) is 65.2 Å². The first-order valence-electron chi connectivity index (χ1n) is 8.80. The number of carbonyl (C=O) groups excluding carboxylic acids is 1. The largest absolute Gasteiger partial charge is 0.355 e. The molecule has 0 saturated carbocycles. The summed E-state index contributed by atoms with van der Waals surface area (Å²) in [6.45, 7) is 8.68. The third kappa shape index (κ3) is 5.03. The zero-order valence-electron chi connectivity index (χ0n) is 13.9. The molecule has 23 heavy (non-hydrogen) atoms. The predicted octanol–water partition coefficient (Wildman–Crippen LogP) is 0.456. The zero-order valence-corrected chi connectivity index (χ0v) is 13.9. The van der Waals surface area contributed by atoms with Gasteiger partial charge in [-0.2, -0.15) is 0 Å². The van der Waals surface area contributed by atoms with E-state index in [4.69, 9.17) is 0 Å². The van der Waals surface area contributed by atoms with Crippen molar-refractivity contribution in [1.82, 2.24) is 20.4 Å². The fraction of sp³-hybridized carbons (Fsp3) is 0.611. The minimum absolute atomic E-state index is 0.157. The number of hydrogen-bond donors (Lipinski definition) is 2. The minimum atomic E-state index is 0.157. The van der Waals surface area contributed by atoms with Crippen LogP contribution < -0.4 is 10.6 Å². The Morgan fingerprint density at radius 3 is 2.70 bits per heavy atom. The van der Waals surface area contributed by atoms with E-state index in [0.29, 0.717) is 6.54 Å². The summed E-state index contributed by atoms with van der Waals surface area (Å²) in [6, 6.07) is 8.55. The van der Waals surface area contributed by atoms with Crippen molar-refractivity contribution in [2.45, 2.75) is 19.4 Å². The summed E-state index contributed by atoms with van der Waals surface area (Å²) in [5.74, 6) is 0.157. The second-order valence-electron chi connectivity index (χ2n) is 6.52. The Balaban J connectivity index is 1.32. The molecular formula is C18H28N4O. The van der Waals surface area contributed by atoms with Crippen LogP contribution in [-0.4, -0.2) is 68.1 Å². The molecule has 5 nitrogen and oxygen atoms in total. The fourth-order valence-electron chi connectivity index (χ4n) is 3.41. The average Bonchev–Trinajstić information content (AvgIpc) is 2.59. The molecule has 0 atom stereocenters. The number of hydrogen-bond acceptors (Lipinski definition) is 4. The van der Waals surface area contributed by atoms with E-state index in [1.807, 2.05) is 0 Å². The molecule has 5 heteroatoms. The van der Waals surface area contributed by atoms with Gasteiger partial charge in [0.25, 0.3) is 0 Å². The Kier molecular flexibility index (Phi) is 6.02. The third-order valence-electron chi connectivity index (χ3n) is 4.76. The number of rotatable bonds is 6. The summed E-state index contributed by atoms with van der Waals surface area (Å²) in [7, 11) is 0. The number of benzene rings is 1. The molecule has 1 saturated heterocycles. The van der Waals surface area contributed by atoms with E-state index in [1.165, 1.54) is 11.1 Å². The van der Waals surface area contributed by atoms with Crippen LogP contribution >= 0.6 is 0 Å². The maximum atomic E-state index is 12.1. The highest BCUT2D eigenvalue weighted by atomic mass is 16.2. The number of amides is 1. The van der Waals surface area contributed by atoms with Crippen LogP contribution in [0.25, 0.3) is 0 Å². The fourth-order valence-corrected chi connectivity index (χ4v) is 3.41. The van der Waals surface area contributed by atoms with E-state index < -0.39 is 0 Å². The zero-order chi connectivity index (χ0) is 15.9. The molecule has 0 radical (unpaired) electrons. The van der Waals surface area contributed by atoms with Crippen LogP contribution in [0.2, 0.25) is 0 Å². The molecule has 2 heterocycles. The quantitative estimate of drug-likeness (QED) is 0.749. The maximum Gasteiger partial charge on any atom is 0.234 e. The Morgan fingerprint density at radius 1 is 1.09 bits per heavy atom. The first-order chi connectivity index (χ1) is 11.3. The van der Waals surface area contributed by atoms with E-state index in [9.17, 15) is 4.79 Å². The van der Waals surface area contributed by atoms with Crippen LogP contribution in [0.5, 0.6) is 0 Å². The molecular weight excluding hydrogens is 288 g/mol. The van der Waals surface area contributed by atoms with Gasteiger partial charge in [0.15, 0.2) is 0 Å². The average molecular weight is 316 g/mol. The van der Waals surface area contributed by atoms with Crippen LogP contribution in [0.15, 0.2) is 24.3 Å². The predicted molar refractivity (Wildman–Crippen MR) is 92.4 cm³/mol. The van der Waals surface area contributed by atoms with Gasteiger partial charge in [-0.1, -0.05) is 24.3 Å². The standard InChI is InChI=1S/C18H28N4O/c23-18(20-7-3-10-21-12-8-19-9-13-21)15-22-11-6-16-4-1-2-5-17(16)14-22/h1-2,4-5,19H,3,6-15H2,(H,20,23). The molecule has 1 fully saturated rings. The SMILES string of the molecule is O=C(CN1CCc2ccccc2C1)NCCCN1CCNCC1. The Bertz CT molecular complexity index is 513. The summed E-state index contributed by atoms with van der Waals surface area (Å²) in [4.78, 5) is 16.8. The lowest BCUT2D eigenvalue weighted by atomic mass is 10.00. The number of nitrogens with zero attached hydrogens (tertiary/aromatic N) is 2. The van der Waals surface area contributed by atoms with Crippen molar-refractivity contribution < 1.29 is 4.79 Å². The van der Waals surface area contributed by atoms with Crippen molar-refractivity contribution in [3.63, 3.8) is 0 Å². The number of fused-ring (bicyclic) bond motifs is 1. The van der Waals surface area contributed by atoms with Crippen LogP contribution in [0.1, 0.15) is 17.5 Å². The van der Waals surface area contributed by atoms with Gasteiger partial charge in [-0.25, -0.2) is 0 Å². The monoisotopic (exact) mass is 316 g/mol. The van der Waals surface area contributed by atoms with Crippen LogP contribution in [0.3, 0.4) is 0 Å². The Labute approximate surface area is 139 Å². The van der Waals surface area contributed by atoms with Gasteiger partial charge in [0.05, 0.1) is 6.54 Å². The van der Waals surface area contributed by atoms with E-state index >= 15 is 0 Å². The van der Waals surface area contributed by atoms with Gasteiger partial charge < -0.3 is 15.5 Å². The third-order valence-corrected chi connectivity index (χ3v) is 4.76. The summed E-state index contributed by atoms with van der Waals surface area (Å²) in [5.41, 5.74) is 2.80. The number of nitrogens with one attached hydrogen (secondary N) is 2. The second-order valence-corrected chi connectivity index (χ2v) is 6.52. The summed E-state index contributed by atoms with van der Waals surface area (Å²) in [5, 5.41) is 6.43. The molecule has 126 valence electrons. The van der Waals surface area contributed by atoms with Crippen LogP contribution in [-0.2, 0) is 17.8 Å². The van der Waals surface area contributed by atoms with Gasteiger partial charge in [0.2, 0.25) is 5.91 Å². The summed E-state index contributed by atoms with van der Waals surface area (Å²) >= 11 is 0. The van der Waals surface area contributed by atoms with Gasteiger partial charge in [0, 0.05) is 45.8 Å². The molecule has 0 spiro atoms. The first-order valence-corrected chi connectivity index (χ1v) is 8.80. The van der Waals surface area contributed by atoms with Gasteiger partial charge in [0.1, 0.15) is 0 Å². The van der Waals surface area contributed by atoms with Crippen molar-refractivity contribution in [3.05, 3.63) is 35.4 Å². The lowest BCUT2D eigenvalue weighted by Gasteiger charge is -2.28. The Hall–Kier alpha value is -1.43. The molecule has 2 aliphatic rings. The van der Waals surface area contributed by atoms with Gasteiger partial charge in [-0.15, -0.1) is 0 Å². The molecule has 2 N–H and O–H groups in total. The van der Waals surface area contributed by atoms with Gasteiger partial charge in [-0.3, -0.25) is 9.69 Å². The molecule has 0 aliphatic carbocycles. The number of carbonyl (C=O) groups is 1. The van der Waals surface area contributed by atoms with Crippen molar-refractivity contribution in [2.75, 3.05) is 52.4 Å². The highest BCUT2D eigenvalue weighted by Crippen LogP contribution is 2.17. The molecule has 1 aromatic rings. The smallest absolute Gasteiger partial charge is 0.234 e. The first kappa shape index (κ1) is 16.4. The highest BCUT2D eigenvalue weighted by Gasteiger charge is 2.17. The molecule has 1 aromatic carbocycles. The molecule has 3 rings (SSSR count). The van der Waals surface area contributed by atoms with Crippen molar-refractivity contribution >= 4 is 5.91 Å². The number of piperazine rings is 1. The molecule has 0 unspecified atom stereocenters. The second kappa shape index (κ2) is 8.43. The minimum Gasteiger partial charge on any atom is -0.355 e. The molecule has 0 aromatic heterocycles. The highest BCUT2D eigenvalue weighted by molar-refractivity contribution is 5.78. The van der Waals surface area contributed by atoms with E-state index in [2.05, 4.69) is 44.7 Å². The van der Waals surface area contributed by atoms with Gasteiger partial charge in [-0.05, 0) is 30.5 Å². The van der Waals surface area contributed by atoms with Crippen molar-refractivity contribution in [1.29, 1.82) is 0 Å².